The summed E-state index contributed by atoms with van der Waals surface area (Å²) in [5.74, 6) is 1.05. The fourth-order valence-corrected chi connectivity index (χ4v) is 2.01. The van der Waals surface area contributed by atoms with E-state index in [1.54, 1.807) is 0 Å². The van der Waals surface area contributed by atoms with Crippen LogP contribution in [-0.4, -0.2) is 13.2 Å². The van der Waals surface area contributed by atoms with Gasteiger partial charge < -0.3 is 10.1 Å². The van der Waals surface area contributed by atoms with Crippen LogP contribution in [-0.2, 0) is 6.42 Å². The number of nitrogens with one attached hydrogen (secondary N) is 1. The van der Waals surface area contributed by atoms with Gasteiger partial charge in [0, 0.05) is 13.0 Å². The first-order valence-corrected chi connectivity index (χ1v) is 5.28. The van der Waals surface area contributed by atoms with Crippen LogP contribution in [0.15, 0.2) is 36.0 Å². The Bertz CT molecular complexity index is 446. The Labute approximate surface area is 89.3 Å². The van der Waals surface area contributed by atoms with Crippen LogP contribution in [0.4, 0.5) is 0 Å². The highest BCUT2D eigenvalue weighted by atomic mass is 16.5. The zero-order valence-electron chi connectivity index (χ0n) is 8.49. The second-order valence-electron chi connectivity index (χ2n) is 3.90. The Hall–Kier alpha value is -1.70. The Kier molecular flexibility index (Phi) is 1.98. The van der Waals surface area contributed by atoms with Crippen LogP contribution in [0.5, 0.6) is 5.75 Å². The molecule has 0 bridgehead atoms. The van der Waals surface area contributed by atoms with Crippen LogP contribution in [0.25, 0.3) is 6.08 Å². The molecule has 15 heavy (non-hydrogen) atoms. The van der Waals surface area contributed by atoms with Gasteiger partial charge in [-0.2, -0.15) is 0 Å². The van der Waals surface area contributed by atoms with Crippen LogP contribution in [0, 0.1) is 0 Å². The van der Waals surface area contributed by atoms with Gasteiger partial charge in [0.2, 0.25) is 0 Å². The summed E-state index contributed by atoms with van der Waals surface area (Å²) in [7, 11) is 0. The minimum Gasteiger partial charge on any atom is -0.493 e. The molecule has 1 N–H and O–H groups in total. The third-order valence-electron chi connectivity index (χ3n) is 2.79. The average molecular weight is 199 g/mol. The van der Waals surface area contributed by atoms with Gasteiger partial charge in [-0.3, -0.25) is 0 Å². The second kappa shape index (κ2) is 3.46. The van der Waals surface area contributed by atoms with Gasteiger partial charge in [0.05, 0.1) is 6.61 Å². The summed E-state index contributed by atoms with van der Waals surface area (Å²) in [4.78, 5) is 0. The van der Waals surface area contributed by atoms with E-state index in [1.165, 1.54) is 16.7 Å². The number of hydrogen-bond donors (Lipinski definition) is 1. The molecule has 76 valence electrons. The lowest BCUT2D eigenvalue weighted by Gasteiger charge is -2.01. The summed E-state index contributed by atoms with van der Waals surface area (Å²) in [5.41, 5.74) is 3.93. The molecule has 0 spiro atoms. The van der Waals surface area contributed by atoms with E-state index in [2.05, 4.69) is 35.7 Å². The van der Waals surface area contributed by atoms with E-state index in [-0.39, 0.29) is 0 Å². The molecule has 0 saturated heterocycles. The standard InChI is InChI=1S/C13H13NO/c1-2-13-12(4-6-15-13)8-10(1)7-11-3-5-14-9-11/h1-3,5,7-8,14H,4,6,9H2. The molecule has 2 aliphatic rings. The van der Waals surface area contributed by atoms with E-state index in [0.717, 1.165) is 25.3 Å². The Balaban J connectivity index is 1.93. The van der Waals surface area contributed by atoms with Crippen molar-refractivity contribution in [3.63, 3.8) is 0 Å². The quantitative estimate of drug-likeness (QED) is 0.748. The topological polar surface area (TPSA) is 21.3 Å². The first kappa shape index (κ1) is 8.60. The van der Waals surface area contributed by atoms with Crippen molar-refractivity contribution in [3.05, 3.63) is 47.2 Å². The number of fused-ring (bicyclic) bond motifs is 1. The highest BCUT2D eigenvalue weighted by molar-refractivity contribution is 5.60. The summed E-state index contributed by atoms with van der Waals surface area (Å²) >= 11 is 0. The molecular formula is C13H13NO. The van der Waals surface area contributed by atoms with Crippen molar-refractivity contribution in [2.75, 3.05) is 13.2 Å². The van der Waals surface area contributed by atoms with E-state index in [9.17, 15) is 0 Å². The van der Waals surface area contributed by atoms with Crippen molar-refractivity contribution in [1.29, 1.82) is 0 Å². The first-order valence-electron chi connectivity index (χ1n) is 5.28. The number of hydrogen-bond acceptors (Lipinski definition) is 2. The van der Waals surface area contributed by atoms with Gasteiger partial charge in [0.1, 0.15) is 5.75 Å². The monoisotopic (exact) mass is 199 g/mol. The van der Waals surface area contributed by atoms with Crippen molar-refractivity contribution < 1.29 is 4.74 Å². The third kappa shape index (κ3) is 1.63. The fraction of sp³-hybridized carbons (Fsp3) is 0.231. The summed E-state index contributed by atoms with van der Waals surface area (Å²) < 4.78 is 5.48. The van der Waals surface area contributed by atoms with Gasteiger partial charge in [0.15, 0.2) is 0 Å². The summed E-state index contributed by atoms with van der Waals surface area (Å²) in [5, 5.41) is 3.17. The van der Waals surface area contributed by atoms with Crippen LogP contribution in [0.1, 0.15) is 11.1 Å². The van der Waals surface area contributed by atoms with Crippen molar-refractivity contribution >= 4 is 6.08 Å². The highest BCUT2D eigenvalue weighted by Gasteiger charge is 2.11. The van der Waals surface area contributed by atoms with E-state index in [0.29, 0.717) is 0 Å². The van der Waals surface area contributed by atoms with E-state index in [1.807, 2.05) is 6.20 Å². The van der Waals surface area contributed by atoms with Gasteiger partial charge in [-0.25, -0.2) is 0 Å². The van der Waals surface area contributed by atoms with E-state index >= 15 is 0 Å². The van der Waals surface area contributed by atoms with Gasteiger partial charge in [-0.05, 0) is 47.2 Å². The predicted molar refractivity (Wildman–Crippen MR) is 60.8 cm³/mol. The normalized spacial score (nSPS) is 20.1. The third-order valence-corrected chi connectivity index (χ3v) is 2.79. The van der Waals surface area contributed by atoms with Crippen molar-refractivity contribution in [2.45, 2.75) is 6.42 Å². The zero-order chi connectivity index (χ0) is 10.1. The number of benzene rings is 1. The smallest absolute Gasteiger partial charge is 0.122 e. The van der Waals surface area contributed by atoms with Gasteiger partial charge in [-0.15, -0.1) is 0 Å². The van der Waals surface area contributed by atoms with Crippen molar-refractivity contribution in [2.24, 2.45) is 0 Å². The predicted octanol–water partition coefficient (Wildman–Crippen LogP) is 2.12. The van der Waals surface area contributed by atoms with Gasteiger partial charge >= 0.3 is 0 Å². The molecule has 2 aliphatic heterocycles. The molecule has 1 aromatic carbocycles. The van der Waals surface area contributed by atoms with Crippen LogP contribution < -0.4 is 10.1 Å². The maximum absolute atomic E-state index is 5.48. The largest absolute Gasteiger partial charge is 0.493 e. The molecule has 0 amide bonds. The maximum atomic E-state index is 5.48. The Morgan fingerprint density at radius 1 is 1.33 bits per heavy atom. The molecule has 0 aromatic heterocycles. The lowest BCUT2D eigenvalue weighted by Crippen LogP contribution is -1.99. The summed E-state index contributed by atoms with van der Waals surface area (Å²) in [6.07, 6.45) is 7.36. The molecule has 0 fully saturated rings. The molecular weight excluding hydrogens is 186 g/mol. The summed E-state index contributed by atoms with van der Waals surface area (Å²) in [6.45, 7) is 1.77. The molecule has 0 radical (unpaired) electrons. The van der Waals surface area contributed by atoms with E-state index < -0.39 is 0 Å². The minimum atomic E-state index is 0.830. The first-order chi connectivity index (χ1) is 7.42. The number of ether oxygens (including phenoxy) is 1. The van der Waals surface area contributed by atoms with E-state index in [4.69, 9.17) is 4.74 Å². The lowest BCUT2D eigenvalue weighted by molar-refractivity contribution is 0.357. The Morgan fingerprint density at radius 2 is 2.33 bits per heavy atom. The molecule has 3 rings (SSSR count). The summed E-state index contributed by atoms with van der Waals surface area (Å²) in [6, 6.07) is 6.41. The highest BCUT2D eigenvalue weighted by Crippen LogP contribution is 2.26. The molecule has 1 aromatic rings. The maximum Gasteiger partial charge on any atom is 0.122 e. The molecule has 0 saturated carbocycles. The molecule has 0 atom stereocenters. The SMILES string of the molecule is C1=CC(=Cc2ccc3c(c2)CCO3)CN1. The van der Waals surface area contributed by atoms with Crippen molar-refractivity contribution in [3.8, 4) is 5.75 Å². The van der Waals surface area contributed by atoms with Crippen LogP contribution in [0.3, 0.4) is 0 Å². The minimum absolute atomic E-state index is 0.830. The van der Waals surface area contributed by atoms with Crippen LogP contribution >= 0.6 is 0 Å². The zero-order valence-corrected chi connectivity index (χ0v) is 8.49. The van der Waals surface area contributed by atoms with Gasteiger partial charge in [-0.1, -0.05) is 6.07 Å². The number of rotatable bonds is 1. The molecule has 0 unspecified atom stereocenters. The lowest BCUT2D eigenvalue weighted by atomic mass is 10.1. The molecule has 2 heteroatoms. The molecule has 0 aliphatic carbocycles. The molecule has 2 nitrogen and oxygen atoms in total. The second-order valence-corrected chi connectivity index (χ2v) is 3.90. The average Bonchev–Trinajstić information content (AvgIpc) is 2.87. The molecule has 2 heterocycles. The van der Waals surface area contributed by atoms with Gasteiger partial charge in [0.25, 0.3) is 0 Å². The van der Waals surface area contributed by atoms with Crippen molar-refractivity contribution in [1.82, 2.24) is 5.32 Å². The Morgan fingerprint density at radius 3 is 3.20 bits per heavy atom. The van der Waals surface area contributed by atoms with Crippen LogP contribution in [0.2, 0.25) is 0 Å². The fourth-order valence-electron chi connectivity index (χ4n) is 2.01.